The number of allylic oxidation sites excluding steroid dienone is 2. The van der Waals surface area contributed by atoms with Gasteiger partial charge >= 0.3 is 5.97 Å². The van der Waals surface area contributed by atoms with Crippen LogP contribution in [0.5, 0.6) is 0 Å². The molecule has 4 nitrogen and oxygen atoms in total. The number of aliphatic hydroxyl groups excluding tert-OH is 1. The Morgan fingerprint density at radius 3 is 3.11 bits per heavy atom. The lowest BCUT2D eigenvalue weighted by Gasteiger charge is -2.27. The molecule has 100 valence electrons. The van der Waals surface area contributed by atoms with E-state index in [1.807, 2.05) is 0 Å². The van der Waals surface area contributed by atoms with Crippen LogP contribution < -0.4 is 0 Å². The molecular weight excluding hydrogens is 232 g/mol. The molecule has 0 aromatic heterocycles. The average molecular weight is 252 g/mol. The molecule has 0 saturated carbocycles. The van der Waals surface area contributed by atoms with Gasteiger partial charge in [-0.2, -0.15) is 0 Å². The van der Waals surface area contributed by atoms with Gasteiger partial charge in [-0.1, -0.05) is 6.08 Å². The number of rotatable bonds is 3. The second-order valence-corrected chi connectivity index (χ2v) is 4.77. The van der Waals surface area contributed by atoms with Gasteiger partial charge in [0.25, 0.3) is 0 Å². The lowest BCUT2D eigenvalue weighted by atomic mass is 9.90. The van der Waals surface area contributed by atoms with Crippen LogP contribution in [-0.4, -0.2) is 30.9 Å². The van der Waals surface area contributed by atoms with Crippen LogP contribution in [0.4, 0.5) is 0 Å². The van der Waals surface area contributed by atoms with Crippen LogP contribution in [0.15, 0.2) is 23.0 Å². The largest absolute Gasteiger partial charge is 0.426 e. The van der Waals surface area contributed by atoms with Crippen LogP contribution in [0, 0.1) is 0 Å². The summed E-state index contributed by atoms with van der Waals surface area (Å²) in [6.45, 7) is 0.594. The molecule has 18 heavy (non-hydrogen) atoms. The highest BCUT2D eigenvalue weighted by Crippen LogP contribution is 2.33. The van der Waals surface area contributed by atoms with E-state index in [0.29, 0.717) is 12.4 Å². The van der Waals surface area contributed by atoms with Crippen molar-refractivity contribution in [3.8, 4) is 0 Å². The summed E-state index contributed by atoms with van der Waals surface area (Å²) in [5.74, 6) is 0.264. The molecule has 0 spiro atoms. The molecule has 0 radical (unpaired) electrons. The zero-order valence-electron chi connectivity index (χ0n) is 10.8. The maximum absolute atomic E-state index is 11.5. The molecule has 2 aliphatic rings. The molecule has 0 aromatic rings. The molecule has 1 unspecified atom stereocenters. The van der Waals surface area contributed by atoms with Crippen molar-refractivity contribution < 1.29 is 19.4 Å². The van der Waals surface area contributed by atoms with E-state index in [1.165, 1.54) is 0 Å². The van der Waals surface area contributed by atoms with Gasteiger partial charge in [0.2, 0.25) is 0 Å². The second kappa shape index (κ2) is 6.16. The van der Waals surface area contributed by atoms with E-state index in [2.05, 4.69) is 6.08 Å². The average Bonchev–Trinajstić information content (AvgIpc) is 2.31. The van der Waals surface area contributed by atoms with Crippen molar-refractivity contribution >= 4 is 5.97 Å². The minimum atomic E-state index is -0.676. The number of hydrogen-bond acceptors (Lipinski definition) is 4. The van der Waals surface area contributed by atoms with Gasteiger partial charge in [0.15, 0.2) is 0 Å². The molecule has 1 aliphatic carbocycles. The first kappa shape index (κ1) is 13.3. The summed E-state index contributed by atoms with van der Waals surface area (Å²) in [6.07, 6.45) is 6.17. The van der Waals surface area contributed by atoms with Crippen LogP contribution in [0.2, 0.25) is 0 Å². The first-order valence-electron chi connectivity index (χ1n) is 6.52. The number of carbonyl (C=O) groups is 1. The highest BCUT2D eigenvalue weighted by molar-refractivity contribution is 5.74. The summed E-state index contributed by atoms with van der Waals surface area (Å²) in [7, 11) is 1.65. The Kier molecular flexibility index (Phi) is 4.55. The van der Waals surface area contributed by atoms with Crippen molar-refractivity contribution in [3.63, 3.8) is 0 Å². The van der Waals surface area contributed by atoms with Gasteiger partial charge in [0, 0.05) is 12.7 Å². The van der Waals surface area contributed by atoms with E-state index >= 15 is 0 Å². The molecule has 0 bridgehead atoms. The van der Waals surface area contributed by atoms with Gasteiger partial charge in [-0.3, -0.25) is 4.79 Å². The molecule has 1 atom stereocenters. The zero-order chi connectivity index (χ0) is 13.0. The number of esters is 1. The van der Waals surface area contributed by atoms with E-state index in [-0.39, 0.29) is 12.4 Å². The van der Waals surface area contributed by atoms with Crippen molar-refractivity contribution in [2.24, 2.45) is 0 Å². The first-order valence-corrected chi connectivity index (χ1v) is 6.52. The fourth-order valence-electron chi connectivity index (χ4n) is 2.46. The molecule has 1 aliphatic heterocycles. The van der Waals surface area contributed by atoms with Crippen LogP contribution in [0.1, 0.15) is 38.5 Å². The number of ether oxygens (including phenoxy) is 2. The quantitative estimate of drug-likeness (QED) is 0.781. The third-order valence-corrected chi connectivity index (χ3v) is 3.43. The standard InChI is InChI=1S/C14H20O4/c1-17-8-7-10-5-3-2-4-6-11-12(15)9-13(16)18-14(10)11/h5,12,15H,2-4,6-9H2,1H3/b10-5-. The molecule has 0 amide bonds. The summed E-state index contributed by atoms with van der Waals surface area (Å²) in [6, 6.07) is 0. The van der Waals surface area contributed by atoms with E-state index in [9.17, 15) is 9.90 Å². The van der Waals surface area contributed by atoms with E-state index in [4.69, 9.17) is 9.47 Å². The molecule has 1 N–H and O–H groups in total. The molecule has 4 heteroatoms. The summed E-state index contributed by atoms with van der Waals surface area (Å²) in [5.41, 5.74) is 1.88. The smallest absolute Gasteiger partial charge is 0.314 e. The number of aliphatic hydroxyl groups is 1. The molecule has 0 aromatic carbocycles. The summed E-state index contributed by atoms with van der Waals surface area (Å²) in [5, 5.41) is 10.0. The normalized spacial score (nSPS) is 27.8. The fourth-order valence-corrected chi connectivity index (χ4v) is 2.46. The maximum atomic E-state index is 11.5. The lowest BCUT2D eigenvalue weighted by molar-refractivity contribution is -0.143. The van der Waals surface area contributed by atoms with Crippen LogP contribution in [-0.2, 0) is 14.3 Å². The van der Waals surface area contributed by atoms with Gasteiger partial charge in [-0.05, 0) is 37.7 Å². The van der Waals surface area contributed by atoms with Crippen molar-refractivity contribution in [1.82, 2.24) is 0 Å². The molecule has 1 heterocycles. The second-order valence-electron chi connectivity index (χ2n) is 4.77. The lowest BCUT2D eigenvalue weighted by Crippen LogP contribution is -2.27. The number of methoxy groups -OCH3 is 1. The van der Waals surface area contributed by atoms with Gasteiger partial charge in [0.1, 0.15) is 5.76 Å². The number of hydrogen-bond donors (Lipinski definition) is 1. The minimum absolute atomic E-state index is 0.0798. The van der Waals surface area contributed by atoms with E-state index in [0.717, 1.165) is 43.3 Å². The predicted molar refractivity (Wildman–Crippen MR) is 66.8 cm³/mol. The van der Waals surface area contributed by atoms with Gasteiger partial charge < -0.3 is 14.6 Å². The monoisotopic (exact) mass is 252 g/mol. The Morgan fingerprint density at radius 2 is 2.33 bits per heavy atom. The Bertz CT molecular complexity index is 381. The maximum Gasteiger partial charge on any atom is 0.314 e. The highest BCUT2D eigenvalue weighted by atomic mass is 16.5. The van der Waals surface area contributed by atoms with Crippen molar-refractivity contribution in [1.29, 1.82) is 0 Å². The van der Waals surface area contributed by atoms with Gasteiger partial charge in [-0.25, -0.2) is 0 Å². The van der Waals surface area contributed by atoms with Crippen molar-refractivity contribution in [2.45, 2.75) is 44.6 Å². The third kappa shape index (κ3) is 3.00. The van der Waals surface area contributed by atoms with Crippen LogP contribution in [0.25, 0.3) is 0 Å². The van der Waals surface area contributed by atoms with Gasteiger partial charge in [0.05, 0.1) is 19.1 Å². The van der Waals surface area contributed by atoms with Crippen molar-refractivity contribution in [3.05, 3.63) is 23.0 Å². The number of carbonyl (C=O) groups excluding carboxylic acids is 1. The minimum Gasteiger partial charge on any atom is -0.426 e. The van der Waals surface area contributed by atoms with Crippen molar-refractivity contribution in [2.75, 3.05) is 13.7 Å². The molecule has 0 saturated heterocycles. The first-order chi connectivity index (χ1) is 8.72. The summed E-state index contributed by atoms with van der Waals surface area (Å²) in [4.78, 5) is 11.5. The Balaban J connectivity index is 2.29. The van der Waals surface area contributed by atoms with E-state index in [1.54, 1.807) is 7.11 Å². The van der Waals surface area contributed by atoms with E-state index < -0.39 is 6.10 Å². The Hall–Kier alpha value is -1.13. The molecule has 2 rings (SSSR count). The van der Waals surface area contributed by atoms with Gasteiger partial charge in [-0.15, -0.1) is 0 Å². The summed E-state index contributed by atoms with van der Waals surface area (Å²) >= 11 is 0. The zero-order valence-corrected chi connectivity index (χ0v) is 10.8. The Labute approximate surface area is 107 Å². The topological polar surface area (TPSA) is 55.8 Å². The summed E-state index contributed by atoms with van der Waals surface area (Å²) < 4.78 is 10.4. The Morgan fingerprint density at radius 1 is 1.50 bits per heavy atom. The molecule has 0 fully saturated rings. The third-order valence-electron chi connectivity index (χ3n) is 3.43. The SMILES string of the molecule is COCC/C1=C/CCCCC2=C1OC(=O)CC2O. The fraction of sp³-hybridized carbons (Fsp3) is 0.643. The predicted octanol–water partition coefficient (Wildman–Crippen LogP) is 2.09. The molecular formula is C14H20O4. The van der Waals surface area contributed by atoms with Crippen LogP contribution in [0.3, 0.4) is 0 Å². The highest BCUT2D eigenvalue weighted by Gasteiger charge is 2.29. The van der Waals surface area contributed by atoms with Crippen LogP contribution >= 0.6 is 0 Å².